The smallest absolute Gasteiger partial charge is 0.229 e. The highest BCUT2D eigenvalue weighted by atomic mass is 35.5. The average Bonchev–Trinajstić information content (AvgIpc) is 3.22. The third kappa shape index (κ3) is 2.68. The number of amides is 1. The van der Waals surface area contributed by atoms with Gasteiger partial charge in [-0.25, -0.2) is 4.98 Å². The summed E-state index contributed by atoms with van der Waals surface area (Å²) in [7, 11) is 0. The molecule has 2 unspecified atom stereocenters. The van der Waals surface area contributed by atoms with Gasteiger partial charge in [-0.05, 0) is 42.5 Å². The first-order valence-electron chi connectivity index (χ1n) is 6.63. The molecule has 1 amide bonds. The maximum atomic E-state index is 12.2. The van der Waals surface area contributed by atoms with Crippen molar-refractivity contribution < 1.29 is 4.79 Å². The number of carbonyl (C=O) groups excluding carboxylic acids is 1. The summed E-state index contributed by atoms with van der Waals surface area (Å²) in [6, 6.07) is 11.5. The lowest BCUT2D eigenvalue weighted by molar-refractivity contribution is -0.117. The first-order chi connectivity index (χ1) is 9.65. The summed E-state index contributed by atoms with van der Waals surface area (Å²) in [6.45, 7) is 1.97. The van der Waals surface area contributed by atoms with Crippen LogP contribution in [-0.2, 0) is 4.79 Å². The van der Waals surface area contributed by atoms with Gasteiger partial charge in [0.1, 0.15) is 5.82 Å². The van der Waals surface area contributed by atoms with Crippen LogP contribution in [0.3, 0.4) is 0 Å². The van der Waals surface area contributed by atoms with E-state index in [0.717, 1.165) is 22.6 Å². The average molecular weight is 287 g/mol. The van der Waals surface area contributed by atoms with E-state index in [0.29, 0.717) is 5.82 Å². The molecule has 0 bridgehead atoms. The Balaban J connectivity index is 1.66. The molecule has 1 N–H and O–H groups in total. The standard InChI is InChI=1S/C16H15ClN2O/c1-10-6-7-15(18-9-10)19-16(20)13-8-12(13)11-4-2-3-5-14(11)17/h2-7,9,12-13H,8H2,1H3,(H,18,19,20). The largest absolute Gasteiger partial charge is 0.310 e. The Morgan fingerprint density at radius 3 is 2.80 bits per heavy atom. The monoisotopic (exact) mass is 286 g/mol. The van der Waals surface area contributed by atoms with Crippen LogP contribution in [-0.4, -0.2) is 10.9 Å². The molecule has 1 aliphatic rings. The fraction of sp³-hybridized carbons (Fsp3) is 0.250. The zero-order valence-electron chi connectivity index (χ0n) is 11.1. The molecule has 1 fully saturated rings. The molecule has 20 heavy (non-hydrogen) atoms. The minimum atomic E-state index is -0.00185. The Bertz CT molecular complexity index is 639. The van der Waals surface area contributed by atoms with Crippen LogP contribution in [0.4, 0.5) is 5.82 Å². The van der Waals surface area contributed by atoms with E-state index in [4.69, 9.17) is 11.6 Å². The van der Waals surface area contributed by atoms with Gasteiger partial charge in [0.15, 0.2) is 0 Å². The molecule has 1 aliphatic carbocycles. The molecular formula is C16H15ClN2O. The van der Waals surface area contributed by atoms with Gasteiger partial charge in [-0.2, -0.15) is 0 Å². The van der Waals surface area contributed by atoms with Crippen LogP contribution in [0.2, 0.25) is 5.02 Å². The lowest BCUT2D eigenvalue weighted by Crippen LogP contribution is -2.15. The first-order valence-corrected chi connectivity index (χ1v) is 7.01. The predicted molar refractivity (Wildman–Crippen MR) is 79.9 cm³/mol. The Labute approximate surface area is 123 Å². The van der Waals surface area contributed by atoms with Crippen molar-refractivity contribution in [3.05, 3.63) is 58.7 Å². The van der Waals surface area contributed by atoms with Crippen LogP contribution in [0.25, 0.3) is 0 Å². The van der Waals surface area contributed by atoms with E-state index in [9.17, 15) is 4.79 Å². The number of nitrogens with zero attached hydrogens (tertiary/aromatic N) is 1. The highest BCUT2D eigenvalue weighted by Gasteiger charge is 2.44. The van der Waals surface area contributed by atoms with Gasteiger partial charge < -0.3 is 5.32 Å². The molecule has 3 rings (SSSR count). The Kier molecular flexibility index (Phi) is 3.45. The van der Waals surface area contributed by atoms with Crippen LogP contribution in [0.15, 0.2) is 42.6 Å². The quantitative estimate of drug-likeness (QED) is 0.933. The normalized spacial score (nSPS) is 20.5. The van der Waals surface area contributed by atoms with Crippen molar-refractivity contribution in [1.82, 2.24) is 4.98 Å². The number of carbonyl (C=O) groups is 1. The van der Waals surface area contributed by atoms with Gasteiger partial charge in [0, 0.05) is 17.1 Å². The van der Waals surface area contributed by atoms with E-state index >= 15 is 0 Å². The Morgan fingerprint density at radius 2 is 2.10 bits per heavy atom. The summed E-state index contributed by atoms with van der Waals surface area (Å²) in [6.07, 6.45) is 2.59. The second kappa shape index (κ2) is 5.25. The molecule has 1 aromatic carbocycles. The van der Waals surface area contributed by atoms with Crippen LogP contribution in [0, 0.1) is 12.8 Å². The van der Waals surface area contributed by atoms with E-state index in [2.05, 4.69) is 10.3 Å². The summed E-state index contributed by atoms with van der Waals surface area (Å²) < 4.78 is 0. The van der Waals surface area contributed by atoms with Gasteiger partial charge in [-0.1, -0.05) is 35.9 Å². The van der Waals surface area contributed by atoms with Crippen molar-refractivity contribution >= 4 is 23.3 Å². The third-order valence-electron chi connectivity index (χ3n) is 3.59. The minimum absolute atomic E-state index is 0.00185. The SMILES string of the molecule is Cc1ccc(NC(=O)C2CC2c2ccccc2Cl)nc1. The van der Waals surface area contributed by atoms with Crippen LogP contribution >= 0.6 is 11.6 Å². The van der Waals surface area contributed by atoms with Crippen LogP contribution in [0.5, 0.6) is 0 Å². The zero-order valence-corrected chi connectivity index (χ0v) is 11.9. The van der Waals surface area contributed by atoms with E-state index < -0.39 is 0 Å². The molecule has 2 atom stereocenters. The summed E-state index contributed by atoms with van der Waals surface area (Å²) in [4.78, 5) is 16.3. The van der Waals surface area contributed by atoms with Crippen molar-refractivity contribution in [1.29, 1.82) is 0 Å². The van der Waals surface area contributed by atoms with Crippen molar-refractivity contribution in [2.75, 3.05) is 5.32 Å². The highest BCUT2D eigenvalue weighted by Crippen LogP contribution is 2.49. The number of aromatic nitrogens is 1. The zero-order chi connectivity index (χ0) is 14.1. The molecule has 0 saturated heterocycles. The van der Waals surface area contributed by atoms with E-state index in [1.165, 1.54) is 0 Å². The summed E-state index contributed by atoms with van der Waals surface area (Å²) in [5, 5.41) is 3.59. The number of anilines is 1. The topological polar surface area (TPSA) is 42.0 Å². The number of halogens is 1. The fourth-order valence-corrected chi connectivity index (χ4v) is 2.64. The molecule has 1 saturated carbocycles. The summed E-state index contributed by atoms with van der Waals surface area (Å²) >= 11 is 6.16. The number of rotatable bonds is 3. The highest BCUT2D eigenvalue weighted by molar-refractivity contribution is 6.31. The number of nitrogens with one attached hydrogen (secondary N) is 1. The van der Waals surface area contributed by atoms with Gasteiger partial charge in [0.05, 0.1) is 0 Å². The number of aryl methyl sites for hydroxylation is 1. The minimum Gasteiger partial charge on any atom is -0.310 e. The second-order valence-electron chi connectivity index (χ2n) is 5.18. The van der Waals surface area contributed by atoms with Gasteiger partial charge in [-0.3, -0.25) is 4.79 Å². The maximum absolute atomic E-state index is 12.2. The van der Waals surface area contributed by atoms with Crippen molar-refractivity contribution in [2.45, 2.75) is 19.3 Å². The van der Waals surface area contributed by atoms with Gasteiger partial charge >= 0.3 is 0 Å². The molecule has 0 aliphatic heterocycles. The summed E-state index contributed by atoms with van der Waals surface area (Å²) in [5.74, 6) is 0.851. The lowest BCUT2D eigenvalue weighted by atomic mass is 10.1. The Hall–Kier alpha value is -1.87. The molecule has 102 valence electrons. The molecule has 0 spiro atoms. The van der Waals surface area contributed by atoms with Gasteiger partial charge in [0.25, 0.3) is 0 Å². The predicted octanol–water partition coefficient (Wildman–Crippen LogP) is 3.79. The third-order valence-corrected chi connectivity index (χ3v) is 3.94. The number of pyridine rings is 1. The van der Waals surface area contributed by atoms with Gasteiger partial charge in [-0.15, -0.1) is 0 Å². The molecule has 4 heteroatoms. The molecule has 3 nitrogen and oxygen atoms in total. The van der Waals surface area contributed by atoms with E-state index in [1.54, 1.807) is 6.20 Å². The van der Waals surface area contributed by atoms with Crippen LogP contribution < -0.4 is 5.32 Å². The molecule has 0 radical (unpaired) electrons. The molecular weight excluding hydrogens is 272 g/mol. The summed E-state index contributed by atoms with van der Waals surface area (Å²) in [5.41, 5.74) is 2.13. The number of hydrogen-bond donors (Lipinski definition) is 1. The van der Waals surface area contributed by atoms with E-state index in [-0.39, 0.29) is 17.7 Å². The van der Waals surface area contributed by atoms with Crippen molar-refractivity contribution in [3.63, 3.8) is 0 Å². The van der Waals surface area contributed by atoms with Gasteiger partial charge in [0.2, 0.25) is 5.91 Å². The fourth-order valence-electron chi connectivity index (χ4n) is 2.36. The number of benzene rings is 1. The maximum Gasteiger partial charge on any atom is 0.229 e. The van der Waals surface area contributed by atoms with Crippen molar-refractivity contribution in [2.24, 2.45) is 5.92 Å². The molecule has 2 aromatic rings. The van der Waals surface area contributed by atoms with Crippen molar-refractivity contribution in [3.8, 4) is 0 Å². The first kappa shape index (κ1) is 13.1. The molecule has 1 heterocycles. The molecule has 1 aromatic heterocycles. The lowest BCUT2D eigenvalue weighted by Gasteiger charge is -2.05. The second-order valence-corrected chi connectivity index (χ2v) is 5.59. The van der Waals surface area contributed by atoms with Crippen LogP contribution in [0.1, 0.15) is 23.5 Å². The van der Waals surface area contributed by atoms with E-state index in [1.807, 2.05) is 43.3 Å². The number of hydrogen-bond acceptors (Lipinski definition) is 2. The Morgan fingerprint density at radius 1 is 1.30 bits per heavy atom.